The van der Waals surface area contributed by atoms with Crippen LogP contribution < -0.4 is 10.6 Å². The highest BCUT2D eigenvalue weighted by molar-refractivity contribution is 7.89. The van der Waals surface area contributed by atoms with Crippen molar-refractivity contribution in [3.63, 3.8) is 0 Å². The zero-order valence-corrected chi connectivity index (χ0v) is 24.1. The predicted molar refractivity (Wildman–Crippen MR) is 144 cm³/mol. The van der Waals surface area contributed by atoms with Gasteiger partial charge >= 0.3 is 17.9 Å². The van der Waals surface area contributed by atoms with Crippen molar-refractivity contribution in [2.75, 3.05) is 31.6 Å². The Hall–Kier alpha value is -3.71. The van der Waals surface area contributed by atoms with Gasteiger partial charge in [-0.3, -0.25) is 9.59 Å². The fraction of sp³-hybridized carbons (Fsp3) is 0.481. The summed E-state index contributed by atoms with van der Waals surface area (Å²) in [5.74, 6) is -4.82. The molecule has 0 aromatic heterocycles. The van der Waals surface area contributed by atoms with Gasteiger partial charge in [-0.25, -0.2) is 18.0 Å². The normalized spacial score (nSPS) is 17.2. The second-order valence-electron chi connectivity index (χ2n) is 9.28. The van der Waals surface area contributed by atoms with Gasteiger partial charge < -0.3 is 24.8 Å². The van der Waals surface area contributed by atoms with Crippen LogP contribution in [0.1, 0.15) is 47.5 Å². The first-order chi connectivity index (χ1) is 18.9. The molecule has 1 atom stereocenters. The summed E-state index contributed by atoms with van der Waals surface area (Å²) in [6.07, 6.45) is 0.298. The van der Waals surface area contributed by atoms with E-state index >= 15 is 0 Å². The summed E-state index contributed by atoms with van der Waals surface area (Å²) in [6, 6.07) is 5.68. The molecule has 1 unspecified atom stereocenters. The molecule has 2 N–H and O–H groups in total. The topological polar surface area (TPSA) is 157 Å². The fourth-order valence-electron chi connectivity index (χ4n) is 4.52. The van der Waals surface area contributed by atoms with Crippen molar-refractivity contribution >= 4 is 39.5 Å². The third-order valence-corrected chi connectivity index (χ3v) is 8.39. The van der Waals surface area contributed by atoms with Gasteiger partial charge in [0.05, 0.1) is 29.3 Å². The van der Waals surface area contributed by atoms with Crippen molar-refractivity contribution in [1.82, 2.24) is 9.62 Å². The maximum absolute atomic E-state index is 13.4. The molecule has 0 bridgehead atoms. The predicted octanol–water partition coefficient (Wildman–Crippen LogP) is 2.23. The second-order valence-corrected chi connectivity index (χ2v) is 11.2. The molecule has 218 valence electrons. The highest BCUT2D eigenvalue weighted by Gasteiger charge is 2.43. The van der Waals surface area contributed by atoms with E-state index in [0.29, 0.717) is 30.2 Å². The molecule has 1 aromatic rings. The number of hydrogen-bond acceptors (Lipinski definition) is 10. The van der Waals surface area contributed by atoms with Crippen LogP contribution in [0.4, 0.5) is 5.69 Å². The molecule has 0 spiro atoms. The van der Waals surface area contributed by atoms with E-state index in [1.807, 2.05) is 0 Å². The average molecular weight is 578 g/mol. The van der Waals surface area contributed by atoms with E-state index in [0.717, 1.165) is 12.8 Å². The number of esters is 3. The van der Waals surface area contributed by atoms with Gasteiger partial charge in [0.1, 0.15) is 5.92 Å². The van der Waals surface area contributed by atoms with Crippen molar-refractivity contribution in [2.45, 2.75) is 58.5 Å². The van der Waals surface area contributed by atoms with E-state index < -0.39 is 45.9 Å². The summed E-state index contributed by atoms with van der Waals surface area (Å²) in [6.45, 7) is 8.67. The number of benzene rings is 1. The lowest BCUT2D eigenvalue weighted by Crippen LogP contribution is -2.40. The van der Waals surface area contributed by atoms with Gasteiger partial charge in [0.15, 0.2) is 6.10 Å². The molecule has 3 rings (SSSR count). The molecule has 13 heteroatoms. The minimum Gasteiger partial charge on any atom is -0.463 e. The Morgan fingerprint density at radius 2 is 1.45 bits per heavy atom. The van der Waals surface area contributed by atoms with Gasteiger partial charge in [0.25, 0.3) is 5.91 Å². The Balaban J connectivity index is 1.77. The Kier molecular flexibility index (Phi) is 10.1. The average Bonchev–Trinajstić information content (AvgIpc) is 3.45. The molecule has 40 heavy (non-hydrogen) atoms. The molecule has 0 saturated carbocycles. The molecule has 2 aliphatic heterocycles. The van der Waals surface area contributed by atoms with Gasteiger partial charge in [-0.05, 0) is 71.7 Å². The Morgan fingerprint density at radius 1 is 0.950 bits per heavy atom. The first-order valence-electron chi connectivity index (χ1n) is 13.1. The number of nitrogens with zero attached hydrogens (tertiary/aromatic N) is 1. The maximum atomic E-state index is 13.4. The summed E-state index contributed by atoms with van der Waals surface area (Å²) in [7, 11) is -3.61. The third-order valence-electron chi connectivity index (χ3n) is 6.47. The quantitative estimate of drug-likeness (QED) is 0.312. The number of hydrogen-bond donors (Lipinski definition) is 2. The number of nitrogens with one attached hydrogen (secondary N) is 2. The minimum atomic E-state index is -3.61. The number of dihydropyridines is 1. The number of rotatable bonds is 10. The monoisotopic (exact) mass is 577 g/mol. The van der Waals surface area contributed by atoms with E-state index in [1.165, 1.54) is 35.5 Å². The first kappa shape index (κ1) is 30.8. The smallest absolute Gasteiger partial charge is 0.337 e. The molecule has 0 radical (unpaired) electrons. The maximum Gasteiger partial charge on any atom is 0.337 e. The van der Waals surface area contributed by atoms with Crippen LogP contribution in [0.3, 0.4) is 0 Å². The molecule has 1 fully saturated rings. The van der Waals surface area contributed by atoms with Gasteiger partial charge in [-0.2, -0.15) is 4.31 Å². The lowest BCUT2D eigenvalue weighted by atomic mass is 9.85. The number of sulfonamides is 1. The summed E-state index contributed by atoms with van der Waals surface area (Å²) < 4.78 is 42.5. The minimum absolute atomic E-state index is 0.0335. The van der Waals surface area contributed by atoms with E-state index in [9.17, 15) is 27.6 Å². The number of anilines is 1. The molecule has 2 heterocycles. The van der Waals surface area contributed by atoms with Crippen LogP contribution in [-0.2, 0) is 43.4 Å². The van der Waals surface area contributed by atoms with Crippen LogP contribution >= 0.6 is 0 Å². The van der Waals surface area contributed by atoms with Gasteiger partial charge in [0.2, 0.25) is 10.0 Å². The number of carbonyl (C=O) groups excluding carboxylic acids is 4. The Labute approximate surface area is 233 Å². The molecular weight excluding hydrogens is 542 g/mol. The lowest BCUT2D eigenvalue weighted by Gasteiger charge is -2.29. The van der Waals surface area contributed by atoms with Crippen molar-refractivity contribution < 1.29 is 41.8 Å². The lowest BCUT2D eigenvalue weighted by molar-refractivity contribution is -0.158. The summed E-state index contributed by atoms with van der Waals surface area (Å²) in [5, 5.41) is 5.49. The van der Waals surface area contributed by atoms with Crippen molar-refractivity contribution in [3.8, 4) is 0 Å². The van der Waals surface area contributed by atoms with Crippen LogP contribution in [0.25, 0.3) is 0 Å². The van der Waals surface area contributed by atoms with Gasteiger partial charge in [-0.15, -0.1) is 0 Å². The van der Waals surface area contributed by atoms with E-state index in [-0.39, 0.29) is 29.3 Å². The van der Waals surface area contributed by atoms with Crippen LogP contribution in [0.5, 0.6) is 0 Å². The summed E-state index contributed by atoms with van der Waals surface area (Å²) in [4.78, 5) is 51.9. The Morgan fingerprint density at radius 3 is 1.93 bits per heavy atom. The van der Waals surface area contributed by atoms with Crippen molar-refractivity contribution in [1.29, 1.82) is 0 Å². The molecular formula is C27H35N3O9S. The van der Waals surface area contributed by atoms with Crippen molar-refractivity contribution in [3.05, 3.63) is 46.8 Å². The molecule has 12 nitrogen and oxygen atoms in total. The zero-order valence-electron chi connectivity index (χ0n) is 23.2. The van der Waals surface area contributed by atoms with Crippen LogP contribution in [0.15, 0.2) is 51.7 Å². The molecule has 1 amide bonds. The SMILES string of the molecule is CCOC(=O)C1=C(C)NC(C)=C(C(=O)OCC)C1C(=O)OC(C)C(=O)Nc1ccc(S(=O)(=O)N2CCCC2)cc1. The number of carbonyl (C=O) groups is 4. The largest absolute Gasteiger partial charge is 0.463 e. The molecule has 1 saturated heterocycles. The van der Waals surface area contributed by atoms with Crippen molar-refractivity contribution in [2.24, 2.45) is 5.92 Å². The number of ether oxygens (including phenoxy) is 3. The van der Waals surface area contributed by atoms with Crippen LogP contribution in [0, 0.1) is 5.92 Å². The van der Waals surface area contributed by atoms with Crippen LogP contribution in [-0.4, -0.2) is 68.9 Å². The van der Waals surface area contributed by atoms with Crippen LogP contribution in [0.2, 0.25) is 0 Å². The molecule has 0 aliphatic carbocycles. The van der Waals surface area contributed by atoms with E-state index in [2.05, 4.69) is 10.6 Å². The zero-order chi connectivity index (χ0) is 29.6. The molecule has 2 aliphatic rings. The fourth-order valence-corrected chi connectivity index (χ4v) is 6.03. The van der Waals surface area contributed by atoms with Gasteiger partial charge in [-0.1, -0.05) is 0 Å². The summed E-state index contributed by atoms with van der Waals surface area (Å²) in [5.41, 5.74) is 0.644. The van der Waals surface area contributed by atoms with Gasteiger partial charge in [0, 0.05) is 30.2 Å². The van der Waals surface area contributed by atoms with E-state index in [1.54, 1.807) is 27.7 Å². The second kappa shape index (κ2) is 13.1. The van der Waals surface area contributed by atoms with E-state index in [4.69, 9.17) is 14.2 Å². The highest BCUT2D eigenvalue weighted by Crippen LogP contribution is 2.33. The first-order valence-corrected chi connectivity index (χ1v) is 14.5. The Bertz CT molecular complexity index is 1290. The highest BCUT2D eigenvalue weighted by atomic mass is 32.2. The number of allylic oxidation sites excluding steroid dienone is 2. The molecule has 1 aromatic carbocycles. The number of amides is 1. The summed E-state index contributed by atoms with van der Waals surface area (Å²) >= 11 is 0. The third kappa shape index (κ3) is 6.70. The standard InChI is InChI=1S/C27H35N3O9S/c1-6-37-25(32)21-16(3)28-17(4)22(26(33)38-7-2)23(21)27(34)39-18(5)24(31)29-19-10-12-20(13-11-19)40(35,36)30-14-8-9-15-30/h10-13,18,23,28H,6-9,14-15H2,1-5H3,(H,29,31).